The zero-order chi connectivity index (χ0) is 21.3. The number of aryl methyl sites for hydroxylation is 1. The van der Waals surface area contributed by atoms with Crippen LogP contribution < -0.4 is 10.5 Å². The molecular formula is C20H21N3O6S. The van der Waals surface area contributed by atoms with Gasteiger partial charge in [-0.25, -0.2) is 13.2 Å². The Morgan fingerprint density at radius 3 is 2.47 bits per heavy atom. The second-order valence-electron chi connectivity index (χ2n) is 6.94. The van der Waals surface area contributed by atoms with E-state index in [4.69, 9.17) is 9.15 Å². The third kappa shape index (κ3) is 3.83. The van der Waals surface area contributed by atoms with Crippen molar-refractivity contribution in [2.24, 2.45) is 7.05 Å². The van der Waals surface area contributed by atoms with Gasteiger partial charge in [-0.2, -0.15) is 4.31 Å². The first-order chi connectivity index (χ1) is 14.4. The Kier molecular flexibility index (Phi) is 5.35. The van der Waals surface area contributed by atoms with E-state index in [0.29, 0.717) is 11.3 Å². The number of carbonyl (C=O) groups excluding carboxylic acids is 1. The van der Waals surface area contributed by atoms with E-state index in [1.54, 1.807) is 30.1 Å². The molecule has 1 saturated heterocycles. The molecule has 2 heterocycles. The standard InChI is InChI=1S/C20H21N3O6S/c1-21-17-8-7-16(13-18(17)29-20(21)25)30(26,27)23-11-9-22(10-12-23)19(24)14-28-15-5-3-2-4-6-15/h2-8,13H,9-12,14H2,1H3. The second kappa shape index (κ2) is 7.96. The maximum atomic E-state index is 13.0. The van der Waals surface area contributed by atoms with Gasteiger partial charge in [-0.05, 0) is 24.3 Å². The van der Waals surface area contributed by atoms with Crippen LogP contribution in [0.15, 0.2) is 62.6 Å². The highest BCUT2D eigenvalue weighted by atomic mass is 32.2. The van der Waals surface area contributed by atoms with Crippen LogP contribution in [0.25, 0.3) is 11.1 Å². The van der Waals surface area contributed by atoms with Gasteiger partial charge in [-0.3, -0.25) is 9.36 Å². The number of carbonyl (C=O) groups is 1. The summed E-state index contributed by atoms with van der Waals surface area (Å²) in [6, 6.07) is 13.4. The Morgan fingerprint density at radius 1 is 1.07 bits per heavy atom. The monoisotopic (exact) mass is 431 g/mol. The van der Waals surface area contributed by atoms with Crippen LogP contribution in [0.4, 0.5) is 0 Å². The number of para-hydroxylation sites is 1. The van der Waals surface area contributed by atoms with Gasteiger partial charge in [-0.15, -0.1) is 0 Å². The Balaban J connectivity index is 1.40. The molecule has 10 heteroatoms. The third-order valence-corrected chi connectivity index (χ3v) is 6.99. The van der Waals surface area contributed by atoms with E-state index >= 15 is 0 Å². The second-order valence-corrected chi connectivity index (χ2v) is 8.88. The van der Waals surface area contributed by atoms with E-state index < -0.39 is 15.8 Å². The average Bonchev–Trinajstić information content (AvgIpc) is 3.06. The van der Waals surface area contributed by atoms with Crippen LogP contribution >= 0.6 is 0 Å². The lowest BCUT2D eigenvalue weighted by Crippen LogP contribution is -2.51. The third-order valence-electron chi connectivity index (χ3n) is 5.10. The van der Waals surface area contributed by atoms with Gasteiger partial charge in [0, 0.05) is 39.3 Å². The van der Waals surface area contributed by atoms with E-state index in [2.05, 4.69) is 0 Å². The van der Waals surface area contributed by atoms with Crippen molar-refractivity contribution in [1.29, 1.82) is 0 Å². The number of piperazine rings is 1. The molecule has 158 valence electrons. The van der Waals surface area contributed by atoms with Gasteiger partial charge < -0.3 is 14.1 Å². The van der Waals surface area contributed by atoms with Gasteiger partial charge in [0.05, 0.1) is 10.4 Å². The maximum absolute atomic E-state index is 13.0. The number of fused-ring (bicyclic) bond motifs is 1. The number of oxazole rings is 1. The highest BCUT2D eigenvalue weighted by Gasteiger charge is 2.30. The first-order valence-electron chi connectivity index (χ1n) is 9.41. The normalized spacial score (nSPS) is 15.4. The van der Waals surface area contributed by atoms with Crippen molar-refractivity contribution in [3.8, 4) is 5.75 Å². The van der Waals surface area contributed by atoms with Gasteiger partial charge in [0.2, 0.25) is 10.0 Å². The van der Waals surface area contributed by atoms with Gasteiger partial charge in [0.25, 0.3) is 5.91 Å². The molecule has 1 aliphatic rings. The average molecular weight is 431 g/mol. The van der Waals surface area contributed by atoms with Crippen molar-refractivity contribution in [3.05, 3.63) is 59.1 Å². The lowest BCUT2D eigenvalue weighted by Gasteiger charge is -2.33. The van der Waals surface area contributed by atoms with Crippen LogP contribution in [0, 0.1) is 0 Å². The summed E-state index contributed by atoms with van der Waals surface area (Å²) in [6.45, 7) is 0.810. The van der Waals surface area contributed by atoms with Gasteiger partial charge in [0.15, 0.2) is 12.2 Å². The maximum Gasteiger partial charge on any atom is 0.419 e. The van der Waals surface area contributed by atoms with Gasteiger partial charge in [-0.1, -0.05) is 18.2 Å². The first kappa shape index (κ1) is 20.2. The highest BCUT2D eigenvalue weighted by Crippen LogP contribution is 2.22. The Labute approximate surface area is 173 Å². The molecular weight excluding hydrogens is 410 g/mol. The fourth-order valence-corrected chi connectivity index (χ4v) is 4.79. The number of hydrogen-bond donors (Lipinski definition) is 0. The smallest absolute Gasteiger partial charge is 0.419 e. The molecule has 0 unspecified atom stereocenters. The number of hydrogen-bond acceptors (Lipinski definition) is 6. The summed E-state index contributed by atoms with van der Waals surface area (Å²) in [5.41, 5.74) is 0.739. The quantitative estimate of drug-likeness (QED) is 0.598. The molecule has 0 aliphatic carbocycles. The van der Waals surface area contributed by atoms with Gasteiger partial charge in [0.1, 0.15) is 5.75 Å². The summed E-state index contributed by atoms with van der Waals surface area (Å²) < 4.78 is 39.2. The first-order valence-corrected chi connectivity index (χ1v) is 10.9. The number of amides is 1. The van der Waals surface area contributed by atoms with E-state index in [1.807, 2.05) is 18.2 Å². The SMILES string of the molecule is Cn1c(=O)oc2cc(S(=O)(=O)N3CCN(C(=O)COc4ccccc4)CC3)ccc21. The van der Waals surface area contributed by atoms with E-state index in [-0.39, 0.29) is 49.2 Å². The molecule has 9 nitrogen and oxygen atoms in total. The van der Waals surface area contributed by atoms with Crippen LogP contribution in [0.5, 0.6) is 5.75 Å². The number of aromatic nitrogens is 1. The number of benzene rings is 2. The minimum atomic E-state index is -3.77. The highest BCUT2D eigenvalue weighted by molar-refractivity contribution is 7.89. The van der Waals surface area contributed by atoms with Crippen molar-refractivity contribution < 1.29 is 22.4 Å². The minimum absolute atomic E-state index is 0.0523. The largest absolute Gasteiger partial charge is 0.484 e. The summed E-state index contributed by atoms with van der Waals surface area (Å²) in [5, 5.41) is 0. The van der Waals surface area contributed by atoms with Crippen molar-refractivity contribution >= 4 is 27.0 Å². The fourth-order valence-electron chi connectivity index (χ4n) is 3.35. The van der Waals surface area contributed by atoms with Crippen LogP contribution in [-0.2, 0) is 21.9 Å². The molecule has 1 aromatic heterocycles. The molecule has 0 spiro atoms. The molecule has 0 atom stereocenters. The Hall–Kier alpha value is -3.11. The molecule has 0 saturated carbocycles. The van der Waals surface area contributed by atoms with Crippen LogP contribution in [-0.4, -0.2) is 60.9 Å². The zero-order valence-electron chi connectivity index (χ0n) is 16.4. The van der Waals surface area contributed by atoms with Crippen LogP contribution in [0.1, 0.15) is 0 Å². The topological polar surface area (TPSA) is 102 Å². The molecule has 1 amide bonds. The molecule has 3 aromatic rings. The lowest BCUT2D eigenvalue weighted by atomic mass is 10.3. The Bertz CT molecular complexity index is 1220. The molecule has 1 aliphatic heterocycles. The summed E-state index contributed by atoms with van der Waals surface area (Å²) in [7, 11) is -2.21. The van der Waals surface area contributed by atoms with Crippen molar-refractivity contribution in [2.75, 3.05) is 32.8 Å². The van der Waals surface area contributed by atoms with Crippen LogP contribution in [0.2, 0.25) is 0 Å². The van der Waals surface area contributed by atoms with Gasteiger partial charge >= 0.3 is 5.76 Å². The predicted molar refractivity (Wildman–Crippen MR) is 109 cm³/mol. The van der Waals surface area contributed by atoms with E-state index in [0.717, 1.165) is 0 Å². The molecule has 0 N–H and O–H groups in total. The molecule has 30 heavy (non-hydrogen) atoms. The Morgan fingerprint density at radius 2 is 1.77 bits per heavy atom. The van der Waals surface area contributed by atoms with Crippen LogP contribution in [0.3, 0.4) is 0 Å². The summed E-state index contributed by atoms with van der Waals surface area (Å²) >= 11 is 0. The number of nitrogens with zero attached hydrogens (tertiary/aromatic N) is 3. The lowest BCUT2D eigenvalue weighted by molar-refractivity contribution is -0.134. The molecule has 0 bridgehead atoms. The molecule has 1 fully saturated rings. The summed E-state index contributed by atoms with van der Waals surface area (Å²) in [5.74, 6) is -0.136. The number of rotatable bonds is 5. The summed E-state index contributed by atoms with van der Waals surface area (Å²) in [6.07, 6.45) is 0. The van der Waals surface area contributed by atoms with E-state index in [1.165, 1.54) is 21.0 Å². The fraction of sp³-hybridized carbons (Fsp3) is 0.300. The summed E-state index contributed by atoms with van der Waals surface area (Å²) in [4.78, 5) is 25.6. The predicted octanol–water partition coefficient (Wildman–Crippen LogP) is 1.04. The minimum Gasteiger partial charge on any atom is -0.484 e. The molecule has 2 aromatic carbocycles. The molecule has 4 rings (SSSR count). The van der Waals surface area contributed by atoms with Crippen molar-refractivity contribution in [2.45, 2.75) is 4.90 Å². The van der Waals surface area contributed by atoms with Crippen molar-refractivity contribution in [1.82, 2.24) is 13.8 Å². The number of sulfonamides is 1. The number of ether oxygens (including phenoxy) is 1. The van der Waals surface area contributed by atoms with E-state index in [9.17, 15) is 18.0 Å². The zero-order valence-corrected chi connectivity index (χ0v) is 17.2. The molecule has 0 radical (unpaired) electrons. The van der Waals surface area contributed by atoms with Crippen molar-refractivity contribution in [3.63, 3.8) is 0 Å².